The van der Waals surface area contributed by atoms with Crippen LogP contribution >= 0.6 is 12.6 Å². The number of thiol groups is 1. The first-order valence-corrected chi connectivity index (χ1v) is 10.5. The Labute approximate surface area is 194 Å². The number of carbonyl (C=O) groups excluding carboxylic acids is 1. The summed E-state index contributed by atoms with van der Waals surface area (Å²) in [6.07, 6.45) is -5.21. The number of aromatic carboxylic acids is 1. The van der Waals surface area contributed by atoms with E-state index in [1.54, 1.807) is 49.4 Å². The molecule has 172 valence electrons. The molecule has 3 aromatic carbocycles. The Morgan fingerprint density at radius 3 is 2.27 bits per heavy atom. The molecule has 1 N–H and O–H groups in total. The van der Waals surface area contributed by atoms with Gasteiger partial charge in [0.05, 0.1) is 22.8 Å². The third kappa shape index (κ3) is 6.16. The van der Waals surface area contributed by atoms with Gasteiger partial charge in [-0.3, -0.25) is 4.79 Å². The van der Waals surface area contributed by atoms with Gasteiger partial charge in [0, 0.05) is 0 Å². The highest BCUT2D eigenvalue weighted by molar-refractivity contribution is 7.80. The van der Waals surface area contributed by atoms with Gasteiger partial charge in [-0.15, -0.1) is 0 Å². The van der Waals surface area contributed by atoms with E-state index in [4.69, 9.17) is 4.74 Å². The Hall–Kier alpha value is -3.26. The topological polar surface area (TPSA) is 63.6 Å². The molecule has 33 heavy (non-hydrogen) atoms. The molecule has 0 aromatic heterocycles. The van der Waals surface area contributed by atoms with Gasteiger partial charge in [-0.1, -0.05) is 54.6 Å². The van der Waals surface area contributed by atoms with E-state index in [0.717, 1.165) is 12.1 Å². The average Bonchev–Trinajstić information content (AvgIpc) is 2.78. The van der Waals surface area contributed by atoms with Crippen molar-refractivity contribution in [2.75, 3.05) is 0 Å². The zero-order valence-electron chi connectivity index (χ0n) is 17.5. The number of halogens is 3. The molecule has 0 saturated carbocycles. The van der Waals surface area contributed by atoms with E-state index in [-0.39, 0.29) is 12.0 Å². The molecule has 0 radical (unpaired) electrons. The minimum Gasteiger partial charge on any atom is -0.478 e. The highest BCUT2D eigenvalue weighted by Crippen LogP contribution is 2.32. The maximum Gasteiger partial charge on any atom is 0.416 e. The first-order chi connectivity index (χ1) is 15.6. The monoisotopic (exact) mass is 474 g/mol. The van der Waals surface area contributed by atoms with Crippen molar-refractivity contribution in [1.29, 1.82) is 0 Å². The minimum absolute atomic E-state index is 0.0557. The number of benzene rings is 3. The molecule has 0 aliphatic rings. The lowest BCUT2D eigenvalue weighted by Crippen LogP contribution is -2.12. The summed E-state index contributed by atoms with van der Waals surface area (Å²) in [5, 5.41) is 8.90. The summed E-state index contributed by atoms with van der Waals surface area (Å²) in [5.41, 5.74) is 1.71. The number of alkyl halides is 3. The second-order valence-corrected chi connectivity index (χ2v) is 7.99. The molecule has 0 aliphatic heterocycles. The molecule has 0 saturated heterocycles. The summed E-state index contributed by atoms with van der Waals surface area (Å²) in [4.78, 5) is 23.9. The lowest BCUT2D eigenvalue weighted by atomic mass is 9.97. The average molecular weight is 475 g/mol. The predicted molar refractivity (Wildman–Crippen MR) is 120 cm³/mol. The van der Waals surface area contributed by atoms with Crippen molar-refractivity contribution >= 4 is 24.6 Å². The van der Waals surface area contributed by atoms with Gasteiger partial charge in [0.25, 0.3) is 0 Å². The number of carbonyl (C=O) groups is 2. The summed E-state index contributed by atoms with van der Waals surface area (Å²) in [6.45, 7) is 1.59. The molecule has 8 heteroatoms. The Balaban J connectivity index is 1.69. The van der Waals surface area contributed by atoms with Crippen LogP contribution < -0.4 is 0 Å². The van der Waals surface area contributed by atoms with Crippen LogP contribution in [0.3, 0.4) is 0 Å². The van der Waals surface area contributed by atoms with E-state index in [9.17, 15) is 27.9 Å². The highest BCUT2D eigenvalue weighted by atomic mass is 32.1. The van der Waals surface area contributed by atoms with Gasteiger partial charge in [0.15, 0.2) is 0 Å². The van der Waals surface area contributed by atoms with Gasteiger partial charge >= 0.3 is 18.1 Å². The van der Waals surface area contributed by atoms with Crippen molar-refractivity contribution < 1.29 is 32.6 Å². The van der Waals surface area contributed by atoms with Crippen molar-refractivity contribution in [3.05, 3.63) is 106 Å². The van der Waals surface area contributed by atoms with E-state index < -0.39 is 35.0 Å². The molecule has 3 aromatic rings. The Bertz CT molecular complexity index is 1140. The normalized spacial score (nSPS) is 13.2. The summed E-state index contributed by atoms with van der Waals surface area (Å²) in [7, 11) is 0. The zero-order chi connectivity index (χ0) is 24.2. The number of carboxylic acids is 1. The third-order valence-corrected chi connectivity index (χ3v) is 5.69. The van der Waals surface area contributed by atoms with Gasteiger partial charge in [-0.2, -0.15) is 25.8 Å². The predicted octanol–water partition coefficient (Wildman–Crippen LogP) is 6.27. The van der Waals surface area contributed by atoms with Crippen molar-refractivity contribution in [3.63, 3.8) is 0 Å². The molecule has 3 rings (SSSR count). The number of hydrogen-bond acceptors (Lipinski definition) is 4. The zero-order valence-corrected chi connectivity index (χ0v) is 18.4. The molecule has 4 nitrogen and oxygen atoms in total. The van der Waals surface area contributed by atoms with Crippen molar-refractivity contribution in [3.8, 4) is 0 Å². The van der Waals surface area contributed by atoms with Crippen LogP contribution in [0.5, 0.6) is 0 Å². The number of hydrogen-bond donors (Lipinski definition) is 2. The summed E-state index contributed by atoms with van der Waals surface area (Å²) < 4.78 is 43.5. The van der Waals surface area contributed by atoms with E-state index in [2.05, 4.69) is 12.6 Å². The quantitative estimate of drug-likeness (QED) is 0.313. The third-order valence-electron chi connectivity index (χ3n) is 5.12. The SMILES string of the molecule is CC(OC(=O)Cc1cccc(C(S)c2ccccc2C(=O)O)c1)c1ccc(C(F)(F)F)cc1. The minimum atomic E-state index is -4.43. The van der Waals surface area contributed by atoms with E-state index >= 15 is 0 Å². The lowest BCUT2D eigenvalue weighted by molar-refractivity contribution is -0.148. The molecule has 0 heterocycles. The van der Waals surface area contributed by atoms with Crippen LogP contribution in [-0.2, 0) is 22.1 Å². The van der Waals surface area contributed by atoms with Crippen molar-refractivity contribution in [2.45, 2.75) is 30.9 Å². The molecule has 2 unspecified atom stereocenters. The van der Waals surface area contributed by atoms with Crippen LogP contribution in [0.2, 0.25) is 0 Å². The summed E-state index contributed by atoms with van der Waals surface area (Å²) in [5.74, 6) is -1.59. The van der Waals surface area contributed by atoms with Crippen molar-refractivity contribution in [1.82, 2.24) is 0 Å². The number of rotatable bonds is 7. The van der Waals surface area contributed by atoms with Crippen LogP contribution in [0.15, 0.2) is 72.8 Å². The van der Waals surface area contributed by atoms with Crippen LogP contribution in [0.25, 0.3) is 0 Å². The van der Waals surface area contributed by atoms with Crippen LogP contribution in [0, 0.1) is 0 Å². The fraction of sp³-hybridized carbons (Fsp3) is 0.200. The van der Waals surface area contributed by atoms with Crippen LogP contribution in [0.1, 0.15) is 56.5 Å². The molecule has 0 bridgehead atoms. The molecular formula is C25H21F3O4S. The molecule has 0 spiro atoms. The first-order valence-electron chi connectivity index (χ1n) is 10.0. The van der Waals surface area contributed by atoms with Gasteiger partial charge in [0.2, 0.25) is 0 Å². The standard InChI is InChI=1S/C25H21F3O4S/c1-15(17-9-11-19(12-10-17)25(26,27)28)32-22(29)14-16-5-4-6-18(13-16)23(33)20-7-2-3-8-21(20)24(30)31/h2-13,15,23,33H,14H2,1H3,(H,30,31). The summed E-state index contributed by atoms with van der Waals surface area (Å²) in [6, 6.07) is 18.0. The van der Waals surface area contributed by atoms with Crippen LogP contribution in [0.4, 0.5) is 13.2 Å². The number of carboxylic acid groups (broad SMARTS) is 1. The maximum absolute atomic E-state index is 12.7. The summed E-state index contributed by atoms with van der Waals surface area (Å²) >= 11 is 4.58. The van der Waals surface area contributed by atoms with Gasteiger partial charge in [-0.25, -0.2) is 4.79 Å². The lowest BCUT2D eigenvalue weighted by Gasteiger charge is -2.16. The second kappa shape index (κ2) is 10.1. The number of esters is 1. The second-order valence-electron chi connectivity index (χ2n) is 7.47. The van der Waals surface area contributed by atoms with E-state index in [1.807, 2.05) is 0 Å². The van der Waals surface area contributed by atoms with Gasteiger partial charge < -0.3 is 9.84 Å². The smallest absolute Gasteiger partial charge is 0.416 e. The molecule has 0 fully saturated rings. The van der Waals surface area contributed by atoms with Gasteiger partial charge in [0.1, 0.15) is 6.10 Å². The van der Waals surface area contributed by atoms with E-state index in [0.29, 0.717) is 22.3 Å². The van der Waals surface area contributed by atoms with Crippen LogP contribution in [-0.4, -0.2) is 17.0 Å². The Morgan fingerprint density at radius 2 is 1.64 bits per heavy atom. The largest absolute Gasteiger partial charge is 0.478 e. The molecule has 0 amide bonds. The highest BCUT2D eigenvalue weighted by Gasteiger charge is 2.30. The van der Waals surface area contributed by atoms with E-state index in [1.165, 1.54) is 18.2 Å². The molecular weight excluding hydrogens is 453 g/mol. The Kier molecular flexibility index (Phi) is 7.48. The molecule has 2 atom stereocenters. The molecule has 0 aliphatic carbocycles. The fourth-order valence-corrected chi connectivity index (χ4v) is 3.79. The van der Waals surface area contributed by atoms with Gasteiger partial charge in [-0.05, 0) is 47.4 Å². The van der Waals surface area contributed by atoms with Crippen molar-refractivity contribution in [2.24, 2.45) is 0 Å². The maximum atomic E-state index is 12.7. The number of ether oxygens (including phenoxy) is 1. The fourth-order valence-electron chi connectivity index (χ4n) is 3.40. The Morgan fingerprint density at radius 1 is 0.970 bits per heavy atom. The first kappa shape index (κ1) is 24.4.